The van der Waals surface area contributed by atoms with Crippen molar-refractivity contribution >= 4 is 9.84 Å². The molecular weight excluding hydrogens is 214 g/mol. The minimum Gasteiger partial charge on any atom is -0.304 e. The van der Waals surface area contributed by atoms with E-state index in [-0.39, 0.29) is 18.3 Å². The first-order chi connectivity index (χ1) is 7.06. The van der Waals surface area contributed by atoms with Crippen molar-refractivity contribution in [1.29, 1.82) is 0 Å². The molecule has 0 saturated carbocycles. The van der Waals surface area contributed by atoms with E-state index in [2.05, 4.69) is 4.84 Å². The summed E-state index contributed by atoms with van der Waals surface area (Å²) >= 11 is 0. The molecule has 2 N–H and O–H groups in total. The third-order valence-electron chi connectivity index (χ3n) is 2.75. The van der Waals surface area contributed by atoms with Gasteiger partial charge >= 0.3 is 0 Å². The number of rotatable bonds is 2. The molecule has 1 heterocycles. The maximum atomic E-state index is 11.8. The zero-order valence-corrected chi connectivity index (χ0v) is 9.25. The van der Waals surface area contributed by atoms with Crippen molar-refractivity contribution in [2.24, 2.45) is 5.90 Å². The van der Waals surface area contributed by atoms with E-state index in [0.717, 1.165) is 11.1 Å². The van der Waals surface area contributed by atoms with E-state index in [1.54, 1.807) is 12.1 Å². The summed E-state index contributed by atoms with van der Waals surface area (Å²) in [4.78, 5) is 5.00. The van der Waals surface area contributed by atoms with Crippen LogP contribution in [-0.4, -0.2) is 20.8 Å². The van der Waals surface area contributed by atoms with E-state index < -0.39 is 9.84 Å². The molecule has 1 aliphatic heterocycles. The van der Waals surface area contributed by atoms with E-state index in [1.807, 2.05) is 13.0 Å². The molecular formula is C10H13NO3S. The fraction of sp³-hybridized carbons (Fsp3) is 0.400. The van der Waals surface area contributed by atoms with Gasteiger partial charge in [-0.3, -0.25) is 0 Å². The fourth-order valence-corrected chi connectivity index (χ4v) is 4.05. The quantitative estimate of drug-likeness (QED) is 0.757. The van der Waals surface area contributed by atoms with Gasteiger partial charge in [0.1, 0.15) is 0 Å². The van der Waals surface area contributed by atoms with Crippen molar-refractivity contribution < 1.29 is 13.3 Å². The van der Waals surface area contributed by atoms with Crippen LogP contribution in [0.2, 0.25) is 0 Å². The normalized spacial score (nSPS) is 22.7. The molecule has 0 spiro atoms. The van der Waals surface area contributed by atoms with Crippen LogP contribution in [0, 0.1) is 6.92 Å². The second-order valence-electron chi connectivity index (χ2n) is 3.80. The predicted octanol–water partition coefficient (Wildman–Crippen LogP) is 0.756. The minimum atomic E-state index is -3.14. The highest BCUT2D eigenvalue weighted by atomic mass is 32.2. The second kappa shape index (κ2) is 3.59. The number of nitrogens with two attached hydrogens (primary N) is 1. The van der Waals surface area contributed by atoms with Crippen molar-refractivity contribution in [2.45, 2.75) is 17.7 Å². The number of fused-ring (bicyclic) bond motifs is 1. The van der Waals surface area contributed by atoms with E-state index in [1.165, 1.54) is 0 Å². The van der Waals surface area contributed by atoms with Gasteiger partial charge < -0.3 is 4.84 Å². The van der Waals surface area contributed by atoms with Gasteiger partial charge in [0.25, 0.3) is 0 Å². The van der Waals surface area contributed by atoms with Gasteiger partial charge in [-0.1, -0.05) is 12.1 Å². The Morgan fingerprint density at radius 2 is 2.27 bits per heavy atom. The summed E-state index contributed by atoms with van der Waals surface area (Å²) in [5, 5.41) is 0. The Kier molecular flexibility index (Phi) is 2.54. The van der Waals surface area contributed by atoms with Crippen LogP contribution in [-0.2, 0) is 14.7 Å². The third-order valence-corrected chi connectivity index (χ3v) is 4.61. The van der Waals surface area contributed by atoms with Gasteiger partial charge in [-0.25, -0.2) is 14.3 Å². The van der Waals surface area contributed by atoms with Crippen molar-refractivity contribution in [3.63, 3.8) is 0 Å². The molecule has 1 aliphatic rings. The Balaban J connectivity index is 2.59. The summed E-state index contributed by atoms with van der Waals surface area (Å²) < 4.78 is 23.6. The predicted molar refractivity (Wildman–Crippen MR) is 56.1 cm³/mol. The van der Waals surface area contributed by atoms with Crippen LogP contribution in [0.25, 0.3) is 0 Å². The van der Waals surface area contributed by atoms with Gasteiger partial charge in [0.2, 0.25) is 0 Å². The van der Waals surface area contributed by atoms with Gasteiger partial charge in [0.05, 0.1) is 17.3 Å². The van der Waals surface area contributed by atoms with Crippen LogP contribution in [0.3, 0.4) is 0 Å². The summed E-state index contributed by atoms with van der Waals surface area (Å²) in [5.41, 5.74) is 1.85. The highest BCUT2D eigenvalue weighted by Crippen LogP contribution is 2.36. The van der Waals surface area contributed by atoms with Crippen molar-refractivity contribution in [3.05, 3.63) is 29.3 Å². The summed E-state index contributed by atoms with van der Waals surface area (Å²) in [7, 11) is -3.14. The lowest BCUT2D eigenvalue weighted by Gasteiger charge is -2.10. The molecule has 0 saturated heterocycles. The maximum absolute atomic E-state index is 11.8. The molecule has 0 fully saturated rings. The maximum Gasteiger partial charge on any atom is 0.179 e. The average Bonchev–Trinajstić information content (AvgIpc) is 2.41. The number of hydrogen-bond donors (Lipinski definition) is 1. The van der Waals surface area contributed by atoms with Gasteiger partial charge in [0, 0.05) is 5.92 Å². The standard InChI is InChI=1S/C10H13NO3S/c1-7-3-2-4-9-10(7)8(5-14-11)6-15(9,12)13/h2-4,8H,5-6,11H2,1H3. The Morgan fingerprint density at radius 3 is 2.93 bits per heavy atom. The average molecular weight is 227 g/mol. The molecule has 1 aromatic rings. The lowest BCUT2D eigenvalue weighted by atomic mass is 9.97. The molecule has 0 bridgehead atoms. The third kappa shape index (κ3) is 1.67. The number of benzene rings is 1. The number of hydrogen-bond acceptors (Lipinski definition) is 4. The molecule has 0 amide bonds. The SMILES string of the molecule is Cc1cccc2c1C(CON)CS2(=O)=O. The Bertz CT molecular complexity index is 481. The highest BCUT2D eigenvalue weighted by molar-refractivity contribution is 7.91. The largest absolute Gasteiger partial charge is 0.304 e. The van der Waals surface area contributed by atoms with Crippen molar-refractivity contribution in [1.82, 2.24) is 0 Å². The highest BCUT2D eigenvalue weighted by Gasteiger charge is 2.35. The Labute approximate surface area is 88.9 Å². The first-order valence-corrected chi connectivity index (χ1v) is 6.35. The number of sulfone groups is 1. The Morgan fingerprint density at radius 1 is 1.53 bits per heavy atom. The zero-order chi connectivity index (χ0) is 11.1. The van der Waals surface area contributed by atoms with Crippen LogP contribution in [0.15, 0.2) is 23.1 Å². The smallest absolute Gasteiger partial charge is 0.179 e. The zero-order valence-electron chi connectivity index (χ0n) is 8.43. The van der Waals surface area contributed by atoms with Crippen LogP contribution in [0.1, 0.15) is 17.0 Å². The summed E-state index contributed by atoms with van der Waals surface area (Å²) in [6.45, 7) is 2.15. The molecule has 2 rings (SSSR count). The van der Waals surface area contributed by atoms with Gasteiger partial charge in [0.15, 0.2) is 9.84 Å². The molecule has 1 atom stereocenters. The Hall–Kier alpha value is -0.910. The van der Waals surface area contributed by atoms with Crippen molar-refractivity contribution in [3.8, 4) is 0 Å². The minimum absolute atomic E-state index is 0.102. The first kappa shape index (κ1) is 10.6. The van der Waals surface area contributed by atoms with Crippen LogP contribution in [0.4, 0.5) is 0 Å². The molecule has 0 aliphatic carbocycles. The lowest BCUT2D eigenvalue weighted by Crippen LogP contribution is -2.13. The molecule has 4 nitrogen and oxygen atoms in total. The monoisotopic (exact) mass is 227 g/mol. The summed E-state index contributed by atoms with van der Waals surface area (Å²) in [6, 6.07) is 5.31. The van der Waals surface area contributed by atoms with Crippen molar-refractivity contribution in [2.75, 3.05) is 12.4 Å². The lowest BCUT2D eigenvalue weighted by molar-refractivity contribution is 0.127. The topological polar surface area (TPSA) is 69.4 Å². The van der Waals surface area contributed by atoms with Crippen LogP contribution >= 0.6 is 0 Å². The second-order valence-corrected chi connectivity index (χ2v) is 5.80. The molecule has 15 heavy (non-hydrogen) atoms. The van der Waals surface area contributed by atoms with Crippen LogP contribution in [0.5, 0.6) is 0 Å². The van der Waals surface area contributed by atoms with E-state index in [9.17, 15) is 8.42 Å². The molecule has 1 aromatic carbocycles. The van der Waals surface area contributed by atoms with E-state index in [0.29, 0.717) is 4.90 Å². The van der Waals surface area contributed by atoms with Crippen LogP contribution < -0.4 is 5.90 Å². The van der Waals surface area contributed by atoms with Gasteiger partial charge in [-0.2, -0.15) is 0 Å². The molecule has 0 aromatic heterocycles. The molecule has 5 heteroatoms. The molecule has 82 valence electrons. The van der Waals surface area contributed by atoms with E-state index in [4.69, 9.17) is 5.90 Å². The van der Waals surface area contributed by atoms with Gasteiger partial charge in [-0.15, -0.1) is 0 Å². The molecule has 1 unspecified atom stereocenters. The fourth-order valence-electron chi connectivity index (χ4n) is 2.13. The van der Waals surface area contributed by atoms with E-state index >= 15 is 0 Å². The summed E-state index contributed by atoms with van der Waals surface area (Å²) in [5.74, 6) is 4.98. The van der Waals surface area contributed by atoms with Gasteiger partial charge in [-0.05, 0) is 24.1 Å². The number of aryl methyl sites for hydroxylation is 1. The molecule has 0 radical (unpaired) electrons. The first-order valence-electron chi connectivity index (χ1n) is 4.70. The summed E-state index contributed by atoms with van der Waals surface area (Å²) in [6.07, 6.45) is 0.